The van der Waals surface area contributed by atoms with Gasteiger partial charge in [-0.25, -0.2) is 9.78 Å². The van der Waals surface area contributed by atoms with Crippen LogP contribution in [0.2, 0.25) is 0 Å². The minimum atomic E-state index is -0.216. The quantitative estimate of drug-likeness (QED) is 0.817. The number of urea groups is 1. The predicted molar refractivity (Wildman–Crippen MR) is 105 cm³/mol. The Morgan fingerprint density at radius 2 is 2.07 bits per heavy atom. The van der Waals surface area contributed by atoms with E-state index in [0.29, 0.717) is 13.2 Å². The van der Waals surface area contributed by atoms with E-state index in [4.69, 9.17) is 9.47 Å². The Hall–Kier alpha value is -2.58. The summed E-state index contributed by atoms with van der Waals surface area (Å²) < 4.78 is 13.2. The van der Waals surface area contributed by atoms with E-state index in [-0.39, 0.29) is 18.2 Å². The van der Waals surface area contributed by atoms with E-state index in [1.165, 1.54) is 0 Å². The van der Waals surface area contributed by atoms with Gasteiger partial charge in [-0.3, -0.25) is 0 Å². The molecule has 0 bridgehead atoms. The van der Waals surface area contributed by atoms with E-state index in [1.54, 1.807) is 6.20 Å². The second-order valence-electron chi connectivity index (χ2n) is 7.14. The number of aromatic nitrogens is 2. The van der Waals surface area contributed by atoms with Crippen LogP contribution in [0.25, 0.3) is 0 Å². The van der Waals surface area contributed by atoms with Crippen molar-refractivity contribution >= 4 is 11.7 Å². The lowest BCUT2D eigenvalue weighted by molar-refractivity contribution is 0.0908. The maximum atomic E-state index is 12.5. The molecule has 28 heavy (non-hydrogen) atoms. The molecule has 2 aliphatic rings. The van der Waals surface area contributed by atoms with Crippen LogP contribution in [0.3, 0.4) is 0 Å². The summed E-state index contributed by atoms with van der Waals surface area (Å²) in [6, 6.07) is 7.91. The second-order valence-corrected chi connectivity index (χ2v) is 7.14. The van der Waals surface area contributed by atoms with Crippen molar-refractivity contribution in [2.75, 3.05) is 37.8 Å². The van der Waals surface area contributed by atoms with Gasteiger partial charge in [-0.05, 0) is 18.1 Å². The molecule has 2 saturated heterocycles. The summed E-state index contributed by atoms with van der Waals surface area (Å²) in [6.45, 7) is 4.29. The normalized spacial score (nSPS) is 22.2. The fourth-order valence-electron chi connectivity index (χ4n) is 3.81. The average molecular weight is 385 g/mol. The molecule has 8 heteroatoms. The van der Waals surface area contributed by atoms with Gasteiger partial charge in [-0.1, -0.05) is 18.2 Å². The number of para-hydroxylation sites is 1. The monoisotopic (exact) mass is 385 g/mol. The highest BCUT2D eigenvalue weighted by Crippen LogP contribution is 2.27. The van der Waals surface area contributed by atoms with Gasteiger partial charge in [0.05, 0.1) is 19.3 Å². The Morgan fingerprint density at radius 3 is 2.86 bits per heavy atom. The predicted octanol–water partition coefficient (Wildman–Crippen LogP) is 1.59. The Morgan fingerprint density at radius 1 is 1.25 bits per heavy atom. The lowest BCUT2D eigenvalue weighted by Gasteiger charge is -2.30. The van der Waals surface area contributed by atoms with Crippen molar-refractivity contribution in [1.82, 2.24) is 20.2 Å². The molecule has 1 aromatic heterocycles. The SMILES string of the molecule is Cn1ccnc1[C@@H]1OCC[C@H]1NC(=O)NCc1ccccc1N1CCOCC1. The Bertz CT molecular complexity index is 803. The van der Waals surface area contributed by atoms with Crippen LogP contribution < -0.4 is 15.5 Å². The zero-order valence-electron chi connectivity index (χ0n) is 16.1. The molecule has 2 aromatic rings. The second kappa shape index (κ2) is 8.62. The van der Waals surface area contributed by atoms with Crippen LogP contribution in [0.1, 0.15) is 23.9 Å². The zero-order chi connectivity index (χ0) is 19.3. The summed E-state index contributed by atoms with van der Waals surface area (Å²) in [7, 11) is 1.93. The smallest absolute Gasteiger partial charge is 0.315 e. The van der Waals surface area contributed by atoms with Crippen LogP contribution in [0.4, 0.5) is 10.5 Å². The zero-order valence-corrected chi connectivity index (χ0v) is 16.1. The summed E-state index contributed by atoms with van der Waals surface area (Å²) in [6.07, 6.45) is 4.19. The largest absolute Gasteiger partial charge is 0.378 e. The molecular formula is C20H27N5O3. The molecule has 8 nitrogen and oxygen atoms in total. The molecule has 2 N–H and O–H groups in total. The number of aryl methyl sites for hydroxylation is 1. The number of ether oxygens (including phenoxy) is 2. The molecule has 4 rings (SSSR count). The molecule has 150 valence electrons. The number of nitrogens with one attached hydrogen (secondary N) is 2. The first kappa shape index (κ1) is 18.8. The standard InChI is InChI=1S/C20H27N5O3/c1-24-8-7-21-19(24)18-16(6-11-28-18)23-20(26)22-14-15-4-2-3-5-17(15)25-9-12-27-13-10-25/h2-5,7-8,16,18H,6,9-14H2,1H3,(H2,22,23,26)/t16-,18-/m1/s1. The number of hydrogen-bond donors (Lipinski definition) is 2. The molecule has 0 radical (unpaired) electrons. The van der Waals surface area contributed by atoms with Crippen LogP contribution in [0.15, 0.2) is 36.7 Å². The maximum Gasteiger partial charge on any atom is 0.315 e. The van der Waals surface area contributed by atoms with Crippen molar-refractivity contribution in [3.05, 3.63) is 48.0 Å². The van der Waals surface area contributed by atoms with Gasteiger partial charge in [-0.2, -0.15) is 0 Å². The van der Waals surface area contributed by atoms with E-state index in [0.717, 1.165) is 49.8 Å². The van der Waals surface area contributed by atoms with E-state index in [1.807, 2.05) is 29.9 Å². The molecule has 3 heterocycles. The summed E-state index contributed by atoms with van der Waals surface area (Å²) in [5.74, 6) is 0.834. The molecule has 2 fully saturated rings. The minimum Gasteiger partial charge on any atom is -0.378 e. The molecule has 0 aliphatic carbocycles. The highest BCUT2D eigenvalue weighted by molar-refractivity contribution is 5.74. The minimum absolute atomic E-state index is 0.0874. The number of rotatable bonds is 5. The Labute approximate surface area is 164 Å². The van der Waals surface area contributed by atoms with Crippen molar-refractivity contribution in [2.45, 2.75) is 25.1 Å². The number of morpholine rings is 1. The number of amides is 2. The van der Waals surface area contributed by atoms with E-state index >= 15 is 0 Å². The van der Waals surface area contributed by atoms with Crippen LogP contribution in [-0.2, 0) is 23.1 Å². The fraction of sp³-hybridized carbons (Fsp3) is 0.500. The first-order valence-electron chi connectivity index (χ1n) is 9.76. The third kappa shape index (κ3) is 4.13. The van der Waals surface area contributed by atoms with Crippen LogP contribution in [0, 0.1) is 0 Å². The molecule has 2 aliphatic heterocycles. The highest BCUT2D eigenvalue weighted by atomic mass is 16.5. The summed E-state index contributed by atoms with van der Waals surface area (Å²) in [5, 5.41) is 6.05. The number of carbonyl (C=O) groups excluding carboxylic acids is 1. The fourth-order valence-corrected chi connectivity index (χ4v) is 3.81. The van der Waals surface area contributed by atoms with Crippen molar-refractivity contribution in [3.8, 4) is 0 Å². The first-order valence-corrected chi connectivity index (χ1v) is 9.76. The van der Waals surface area contributed by atoms with Gasteiger partial charge in [0.25, 0.3) is 0 Å². The molecule has 0 spiro atoms. The number of benzene rings is 1. The van der Waals surface area contributed by atoms with E-state index in [2.05, 4.69) is 32.7 Å². The molecular weight excluding hydrogens is 358 g/mol. The lowest BCUT2D eigenvalue weighted by Crippen LogP contribution is -2.43. The van der Waals surface area contributed by atoms with E-state index < -0.39 is 0 Å². The third-order valence-electron chi connectivity index (χ3n) is 5.30. The molecule has 2 amide bonds. The molecule has 0 unspecified atom stereocenters. The lowest BCUT2D eigenvalue weighted by atomic mass is 10.1. The summed E-state index contributed by atoms with van der Waals surface area (Å²) >= 11 is 0. The van der Waals surface area contributed by atoms with Crippen molar-refractivity contribution in [2.24, 2.45) is 7.05 Å². The number of nitrogens with zero attached hydrogens (tertiary/aromatic N) is 3. The topological polar surface area (TPSA) is 80.6 Å². The van der Waals surface area contributed by atoms with Crippen molar-refractivity contribution in [1.29, 1.82) is 0 Å². The number of carbonyl (C=O) groups is 1. The van der Waals surface area contributed by atoms with Crippen LogP contribution in [-0.4, -0.2) is 54.5 Å². The Balaban J connectivity index is 1.35. The molecule has 0 saturated carbocycles. The maximum absolute atomic E-state index is 12.5. The first-order chi connectivity index (χ1) is 13.7. The number of imidazole rings is 1. The Kier molecular flexibility index (Phi) is 5.78. The van der Waals surface area contributed by atoms with Gasteiger partial charge in [0.15, 0.2) is 0 Å². The van der Waals surface area contributed by atoms with Crippen LogP contribution >= 0.6 is 0 Å². The van der Waals surface area contributed by atoms with Crippen LogP contribution in [0.5, 0.6) is 0 Å². The summed E-state index contributed by atoms with van der Waals surface area (Å²) in [4.78, 5) is 19.2. The number of hydrogen-bond acceptors (Lipinski definition) is 5. The third-order valence-corrected chi connectivity index (χ3v) is 5.30. The molecule has 2 atom stereocenters. The molecule has 1 aromatic carbocycles. The van der Waals surface area contributed by atoms with Gasteiger partial charge in [0, 0.05) is 51.4 Å². The van der Waals surface area contributed by atoms with E-state index in [9.17, 15) is 4.79 Å². The highest BCUT2D eigenvalue weighted by Gasteiger charge is 2.33. The van der Waals surface area contributed by atoms with Gasteiger partial charge in [0.1, 0.15) is 11.9 Å². The van der Waals surface area contributed by atoms with Crippen molar-refractivity contribution in [3.63, 3.8) is 0 Å². The van der Waals surface area contributed by atoms with Crippen molar-refractivity contribution < 1.29 is 14.3 Å². The van der Waals surface area contributed by atoms with Gasteiger partial charge in [0.2, 0.25) is 0 Å². The van der Waals surface area contributed by atoms with Gasteiger partial charge < -0.3 is 29.6 Å². The average Bonchev–Trinajstić information content (AvgIpc) is 3.35. The summed E-state index contributed by atoms with van der Waals surface area (Å²) in [5.41, 5.74) is 2.25. The van der Waals surface area contributed by atoms with Gasteiger partial charge >= 0.3 is 6.03 Å². The number of anilines is 1. The van der Waals surface area contributed by atoms with Gasteiger partial charge in [-0.15, -0.1) is 0 Å².